The fourth-order valence-corrected chi connectivity index (χ4v) is 2.94. The van der Waals surface area contributed by atoms with Crippen molar-refractivity contribution in [2.45, 2.75) is 44.6 Å². The van der Waals surface area contributed by atoms with Gasteiger partial charge in [0.15, 0.2) is 0 Å². The molecule has 2 heterocycles. The van der Waals surface area contributed by atoms with Gasteiger partial charge in [-0.3, -0.25) is 9.78 Å². The average Bonchev–Trinajstić information content (AvgIpc) is 2.52. The van der Waals surface area contributed by atoms with Gasteiger partial charge in [0.1, 0.15) is 0 Å². The summed E-state index contributed by atoms with van der Waals surface area (Å²) in [5.74, 6) is 0.255. The van der Waals surface area contributed by atoms with E-state index in [1.54, 1.807) is 6.20 Å². The molecule has 1 aliphatic rings. The van der Waals surface area contributed by atoms with Gasteiger partial charge in [0.05, 0.1) is 0 Å². The van der Waals surface area contributed by atoms with E-state index in [1.807, 2.05) is 30.1 Å². The highest BCUT2D eigenvalue weighted by Crippen LogP contribution is 2.19. The number of nitrogens with zero attached hydrogens (tertiary/aromatic N) is 3. The third kappa shape index (κ3) is 5.12. The van der Waals surface area contributed by atoms with Crippen molar-refractivity contribution in [1.82, 2.24) is 14.8 Å². The zero-order valence-electron chi connectivity index (χ0n) is 13.3. The molecule has 116 valence electrons. The summed E-state index contributed by atoms with van der Waals surface area (Å²) in [4.78, 5) is 20.7. The Bertz CT molecular complexity index is 435. The van der Waals surface area contributed by atoms with Crippen LogP contribution in [0, 0.1) is 0 Å². The van der Waals surface area contributed by atoms with Crippen molar-refractivity contribution in [2.75, 3.05) is 27.2 Å². The smallest absolute Gasteiger partial charge is 0.222 e. The number of likely N-dealkylation sites (tertiary alicyclic amines) is 1. The number of aromatic nitrogens is 1. The standard InChI is InChI=1S/C17H27N3O/c1-19-13-6-4-8-16(19)9-10-17(21)20(2)14-11-15-7-3-5-12-18-15/h3,5,7,12,16H,4,6,8-11,13-14H2,1-2H3. The van der Waals surface area contributed by atoms with Crippen LogP contribution < -0.4 is 0 Å². The molecule has 0 bridgehead atoms. The van der Waals surface area contributed by atoms with Crippen molar-refractivity contribution in [3.63, 3.8) is 0 Å². The fourth-order valence-electron chi connectivity index (χ4n) is 2.94. The van der Waals surface area contributed by atoms with Crippen molar-refractivity contribution < 1.29 is 4.79 Å². The van der Waals surface area contributed by atoms with Gasteiger partial charge in [-0.2, -0.15) is 0 Å². The van der Waals surface area contributed by atoms with E-state index in [4.69, 9.17) is 0 Å². The van der Waals surface area contributed by atoms with E-state index in [-0.39, 0.29) is 5.91 Å². The molecule has 1 saturated heterocycles. The number of amides is 1. The van der Waals surface area contributed by atoms with Crippen molar-refractivity contribution in [3.05, 3.63) is 30.1 Å². The van der Waals surface area contributed by atoms with Gasteiger partial charge >= 0.3 is 0 Å². The predicted molar refractivity (Wildman–Crippen MR) is 85.1 cm³/mol. The first-order chi connectivity index (χ1) is 10.2. The van der Waals surface area contributed by atoms with Gasteiger partial charge in [-0.1, -0.05) is 12.5 Å². The summed E-state index contributed by atoms with van der Waals surface area (Å²) in [6.07, 6.45) is 8.12. The summed E-state index contributed by atoms with van der Waals surface area (Å²) < 4.78 is 0. The first kappa shape index (κ1) is 16.0. The number of pyridine rings is 1. The molecule has 1 amide bonds. The molecule has 0 aromatic carbocycles. The predicted octanol–water partition coefficient (Wildman–Crippen LogP) is 2.35. The van der Waals surface area contributed by atoms with Crippen LogP contribution in [-0.4, -0.2) is 53.9 Å². The van der Waals surface area contributed by atoms with Gasteiger partial charge in [-0.05, 0) is 45.0 Å². The number of hydrogen-bond acceptors (Lipinski definition) is 3. The maximum atomic E-state index is 12.2. The zero-order valence-corrected chi connectivity index (χ0v) is 13.3. The number of carbonyl (C=O) groups excluding carboxylic acids is 1. The normalized spacial score (nSPS) is 19.4. The molecule has 0 saturated carbocycles. The van der Waals surface area contributed by atoms with E-state index in [2.05, 4.69) is 16.9 Å². The first-order valence-electron chi connectivity index (χ1n) is 8.01. The SMILES string of the molecule is CN(CCc1ccccn1)C(=O)CCC1CCCCN1C. The molecule has 0 aliphatic carbocycles. The Labute approximate surface area is 128 Å². The molecule has 4 heteroatoms. The molecule has 1 atom stereocenters. The summed E-state index contributed by atoms with van der Waals surface area (Å²) in [7, 11) is 4.08. The summed E-state index contributed by atoms with van der Waals surface area (Å²) in [6, 6.07) is 6.50. The number of hydrogen-bond donors (Lipinski definition) is 0. The summed E-state index contributed by atoms with van der Waals surface area (Å²) in [5.41, 5.74) is 1.05. The van der Waals surface area contributed by atoms with E-state index in [9.17, 15) is 4.79 Å². The second kappa shape index (κ2) is 8.13. The van der Waals surface area contributed by atoms with E-state index in [0.29, 0.717) is 12.5 Å². The molecular weight excluding hydrogens is 262 g/mol. The van der Waals surface area contributed by atoms with Crippen molar-refractivity contribution in [2.24, 2.45) is 0 Å². The molecule has 21 heavy (non-hydrogen) atoms. The van der Waals surface area contributed by atoms with Crippen LogP contribution in [0.3, 0.4) is 0 Å². The molecule has 4 nitrogen and oxygen atoms in total. The molecule has 0 radical (unpaired) electrons. The van der Waals surface area contributed by atoms with Crippen molar-refractivity contribution in [3.8, 4) is 0 Å². The van der Waals surface area contributed by atoms with Gasteiger partial charge in [0.2, 0.25) is 5.91 Å². The zero-order chi connectivity index (χ0) is 15.1. The Morgan fingerprint density at radius 3 is 3.00 bits per heavy atom. The maximum Gasteiger partial charge on any atom is 0.222 e. The largest absolute Gasteiger partial charge is 0.345 e. The number of rotatable bonds is 6. The van der Waals surface area contributed by atoms with E-state index >= 15 is 0 Å². The Morgan fingerprint density at radius 1 is 1.43 bits per heavy atom. The number of piperidine rings is 1. The number of likely N-dealkylation sites (N-methyl/N-ethyl adjacent to an activating group) is 1. The fraction of sp³-hybridized carbons (Fsp3) is 0.647. The summed E-state index contributed by atoms with van der Waals surface area (Å²) in [6.45, 7) is 1.92. The molecule has 0 N–H and O–H groups in total. The molecule has 1 aromatic heterocycles. The molecule has 1 fully saturated rings. The summed E-state index contributed by atoms with van der Waals surface area (Å²) in [5, 5.41) is 0. The van der Waals surface area contributed by atoms with Crippen LogP contribution in [0.15, 0.2) is 24.4 Å². The Balaban J connectivity index is 1.70. The average molecular weight is 289 g/mol. The first-order valence-corrected chi connectivity index (χ1v) is 8.01. The Morgan fingerprint density at radius 2 is 2.29 bits per heavy atom. The topological polar surface area (TPSA) is 36.4 Å². The third-order valence-corrected chi connectivity index (χ3v) is 4.47. The lowest BCUT2D eigenvalue weighted by Gasteiger charge is -2.32. The van der Waals surface area contributed by atoms with Gasteiger partial charge < -0.3 is 9.80 Å². The van der Waals surface area contributed by atoms with E-state index < -0.39 is 0 Å². The van der Waals surface area contributed by atoms with E-state index in [0.717, 1.165) is 25.1 Å². The van der Waals surface area contributed by atoms with Gasteiger partial charge in [0, 0.05) is 44.4 Å². The van der Waals surface area contributed by atoms with Crippen LogP contribution in [0.4, 0.5) is 0 Å². The Hall–Kier alpha value is -1.42. The lowest BCUT2D eigenvalue weighted by atomic mass is 9.98. The quantitative estimate of drug-likeness (QED) is 0.806. The molecular formula is C17H27N3O. The maximum absolute atomic E-state index is 12.2. The van der Waals surface area contributed by atoms with Crippen molar-refractivity contribution in [1.29, 1.82) is 0 Å². The monoisotopic (exact) mass is 289 g/mol. The van der Waals surface area contributed by atoms with E-state index in [1.165, 1.54) is 25.8 Å². The highest BCUT2D eigenvalue weighted by molar-refractivity contribution is 5.75. The van der Waals surface area contributed by atoms with Crippen LogP contribution in [0.2, 0.25) is 0 Å². The van der Waals surface area contributed by atoms with Gasteiger partial charge in [-0.15, -0.1) is 0 Å². The van der Waals surface area contributed by atoms with Crippen LogP contribution in [-0.2, 0) is 11.2 Å². The van der Waals surface area contributed by atoms with Gasteiger partial charge in [-0.25, -0.2) is 0 Å². The third-order valence-electron chi connectivity index (χ3n) is 4.47. The molecule has 1 aliphatic heterocycles. The highest BCUT2D eigenvalue weighted by Gasteiger charge is 2.20. The minimum absolute atomic E-state index is 0.255. The summed E-state index contributed by atoms with van der Waals surface area (Å²) >= 11 is 0. The second-order valence-electron chi connectivity index (χ2n) is 6.06. The molecule has 1 unspecified atom stereocenters. The number of carbonyl (C=O) groups is 1. The van der Waals surface area contributed by atoms with Gasteiger partial charge in [0.25, 0.3) is 0 Å². The lowest BCUT2D eigenvalue weighted by Crippen LogP contribution is -2.37. The second-order valence-corrected chi connectivity index (χ2v) is 6.06. The molecule has 0 spiro atoms. The molecule has 2 rings (SSSR count). The van der Waals surface area contributed by atoms with Crippen LogP contribution >= 0.6 is 0 Å². The van der Waals surface area contributed by atoms with Crippen LogP contribution in [0.25, 0.3) is 0 Å². The molecule has 1 aromatic rings. The Kier molecular flexibility index (Phi) is 6.18. The minimum Gasteiger partial charge on any atom is -0.345 e. The lowest BCUT2D eigenvalue weighted by molar-refractivity contribution is -0.130. The van der Waals surface area contributed by atoms with Crippen LogP contribution in [0.1, 0.15) is 37.8 Å². The van der Waals surface area contributed by atoms with Crippen molar-refractivity contribution >= 4 is 5.91 Å². The highest BCUT2D eigenvalue weighted by atomic mass is 16.2. The van der Waals surface area contributed by atoms with Crippen LogP contribution in [0.5, 0.6) is 0 Å². The minimum atomic E-state index is 0.255.